The molecule has 1 N–H and O–H groups in total. The molecule has 2 heteroatoms. The molecule has 1 rings (SSSR count). The summed E-state index contributed by atoms with van der Waals surface area (Å²) in [5.41, 5.74) is 0.939. The molecule has 1 fully saturated rings. The smallest absolute Gasteiger partial charge is 0.0155 e. The molecule has 0 radical (unpaired) electrons. The number of likely N-dealkylation sites (N-methyl/N-ethyl adjacent to an activating group) is 1. The second-order valence-electron chi connectivity index (χ2n) is 7.56. The van der Waals surface area contributed by atoms with Gasteiger partial charge in [0.1, 0.15) is 0 Å². The van der Waals surface area contributed by atoms with Crippen molar-refractivity contribution in [1.82, 2.24) is 10.2 Å². The fourth-order valence-corrected chi connectivity index (χ4v) is 3.49. The molecule has 0 unspecified atom stereocenters. The fraction of sp³-hybridized carbons (Fsp3) is 1.00. The van der Waals surface area contributed by atoms with Crippen LogP contribution in [-0.2, 0) is 0 Å². The van der Waals surface area contributed by atoms with Crippen LogP contribution in [0.2, 0.25) is 0 Å². The van der Waals surface area contributed by atoms with Gasteiger partial charge in [0.25, 0.3) is 0 Å². The quantitative estimate of drug-likeness (QED) is 0.683. The molecule has 1 aliphatic rings. The highest BCUT2D eigenvalue weighted by atomic mass is 15.2. The van der Waals surface area contributed by atoms with Crippen molar-refractivity contribution >= 4 is 0 Å². The molecule has 96 valence electrons. The fourth-order valence-electron chi connectivity index (χ4n) is 3.49. The van der Waals surface area contributed by atoms with Crippen LogP contribution in [0.4, 0.5) is 0 Å². The van der Waals surface area contributed by atoms with E-state index in [2.05, 4.69) is 58.8 Å². The third kappa shape index (κ3) is 3.74. The Morgan fingerprint density at radius 3 is 2.06 bits per heavy atom. The van der Waals surface area contributed by atoms with Crippen LogP contribution in [0, 0.1) is 5.41 Å². The van der Waals surface area contributed by atoms with Gasteiger partial charge in [-0.1, -0.05) is 13.8 Å². The molecule has 0 saturated carbocycles. The molecule has 1 aliphatic heterocycles. The molecule has 0 bridgehead atoms. The second kappa shape index (κ2) is 4.30. The highest BCUT2D eigenvalue weighted by Gasteiger charge is 2.36. The van der Waals surface area contributed by atoms with Crippen molar-refractivity contribution in [3.8, 4) is 0 Å². The van der Waals surface area contributed by atoms with Gasteiger partial charge < -0.3 is 5.32 Å². The van der Waals surface area contributed by atoms with Crippen molar-refractivity contribution in [2.24, 2.45) is 5.41 Å². The third-order valence-electron chi connectivity index (χ3n) is 3.92. The minimum atomic E-state index is 0.255. The van der Waals surface area contributed by atoms with Crippen molar-refractivity contribution in [2.75, 3.05) is 20.1 Å². The van der Waals surface area contributed by atoms with Crippen molar-refractivity contribution in [3.05, 3.63) is 0 Å². The summed E-state index contributed by atoms with van der Waals surface area (Å²) in [4.78, 5) is 2.49. The SMILES string of the molecule is CN1CCNC(C)(C)CC(C)(C)CC1(C)C. The average molecular weight is 226 g/mol. The van der Waals surface area contributed by atoms with Crippen molar-refractivity contribution < 1.29 is 0 Å². The Labute approximate surface area is 102 Å². The summed E-state index contributed by atoms with van der Waals surface area (Å²) < 4.78 is 0. The predicted octanol–water partition coefficient (Wildman–Crippen LogP) is 2.89. The van der Waals surface area contributed by atoms with Crippen molar-refractivity contribution in [3.63, 3.8) is 0 Å². The monoisotopic (exact) mass is 226 g/mol. The van der Waals surface area contributed by atoms with Gasteiger partial charge in [0.2, 0.25) is 0 Å². The van der Waals surface area contributed by atoms with Gasteiger partial charge in [0.05, 0.1) is 0 Å². The Morgan fingerprint density at radius 2 is 1.50 bits per heavy atom. The summed E-state index contributed by atoms with van der Waals surface area (Å²) in [5, 5.41) is 3.68. The van der Waals surface area contributed by atoms with Crippen LogP contribution in [-0.4, -0.2) is 36.1 Å². The summed E-state index contributed by atoms with van der Waals surface area (Å²) in [6.07, 6.45) is 2.49. The molecule has 0 atom stereocenters. The maximum Gasteiger partial charge on any atom is 0.0155 e. The van der Waals surface area contributed by atoms with Crippen LogP contribution in [0.3, 0.4) is 0 Å². The normalized spacial score (nSPS) is 30.2. The Balaban J connectivity index is 2.89. The molecule has 0 amide bonds. The predicted molar refractivity (Wildman–Crippen MR) is 71.8 cm³/mol. The zero-order valence-corrected chi connectivity index (χ0v) is 12.3. The van der Waals surface area contributed by atoms with Gasteiger partial charge in [-0.05, 0) is 53.0 Å². The van der Waals surface area contributed by atoms with E-state index in [1.807, 2.05) is 0 Å². The lowest BCUT2D eigenvalue weighted by Crippen LogP contribution is -2.45. The van der Waals surface area contributed by atoms with Gasteiger partial charge in [0, 0.05) is 24.2 Å². The number of nitrogens with one attached hydrogen (secondary N) is 1. The molecule has 0 aromatic rings. The third-order valence-corrected chi connectivity index (χ3v) is 3.92. The molecular weight excluding hydrogens is 196 g/mol. The topological polar surface area (TPSA) is 15.3 Å². The minimum Gasteiger partial charge on any atom is -0.311 e. The number of hydrogen-bond donors (Lipinski definition) is 1. The Bertz CT molecular complexity index is 241. The maximum atomic E-state index is 3.68. The molecule has 2 nitrogen and oxygen atoms in total. The molecule has 16 heavy (non-hydrogen) atoms. The van der Waals surface area contributed by atoms with Crippen LogP contribution >= 0.6 is 0 Å². The van der Waals surface area contributed by atoms with Gasteiger partial charge in [-0.2, -0.15) is 0 Å². The van der Waals surface area contributed by atoms with Crippen LogP contribution in [0.5, 0.6) is 0 Å². The van der Waals surface area contributed by atoms with E-state index in [-0.39, 0.29) is 5.54 Å². The van der Waals surface area contributed by atoms with Gasteiger partial charge >= 0.3 is 0 Å². The number of rotatable bonds is 0. The summed E-state index contributed by atoms with van der Waals surface area (Å²) >= 11 is 0. The summed E-state index contributed by atoms with van der Waals surface area (Å²) in [7, 11) is 2.25. The molecule has 0 aromatic heterocycles. The Hall–Kier alpha value is -0.0800. The summed E-state index contributed by atoms with van der Waals surface area (Å²) in [5.74, 6) is 0. The van der Waals surface area contributed by atoms with E-state index in [4.69, 9.17) is 0 Å². The van der Waals surface area contributed by atoms with Gasteiger partial charge in [-0.15, -0.1) is 0 Å². The Kier molecular flexibility index (Phi) is 3.76. The van der Waals surface area contributed by atoms with E-state index in [1.165, 1.54) is 12.8 Å². The van der Waals surface area contributed by atoms with E-state index >= 15 is 0 Å². The van der Waals surface area contributed by atoms with E-state index in [0.29, 0.717) is 11.0 Å². The Morgan fingerprint density at radius 1 is 0.938 bits per heavy atom. The number of nitrogens with zero attached hydrogens (tertiary/aromatic N) is 1. The largest absolute Gasteiger partial charge is 0.311 e. The molecule has 0 aliphatic carbocycles. The average Bonchev–Trinajstić information content (AvgIpc) is 1.98. The first-order valence-electron chi connectivity index (χ1n) is 6.50. The minimum absolute atomic E-state index is 0.255. The van der Waals surface area contributed by atoms with Gasteiger partial charge in [0.15, 0.2) is 0 Å². The van der Waals surface area contributed by atoms with E-state index in [9.17, 15) is 0 Å². The summed E-state index contributed by atoms with van der Waals surface area (Å²) in [6.45, 7) is 16.4. The second-order valence-corrected chi connectivity index (χ2v) is 7.56. The highest BCUT2D eigenvalue weighted by molar-refractivity contribution is 4.93. The summed E-state index contributed by atoms with van der Waals surface area (Å²) in [6, 6.07) is 0. The lowest BCUT2D eigenvalue weighted by molar-refractivity contribution is 0.0965. The highest BCUT2D eigenvalue weighted by Crippen LogP contribution is 2.38. The molecule has 0 spiro atoms. The zero-order chi connectivity index (χ0) is 12.6. The van der Waals surface area contributed by atoms with Crippen LogP contribution in [0.25, 0.3) is 0 Å². The van der Waals surface area contributed by atoms with Crippen LogP contribution in [0.15, 0.2) is 0 Å². The standard InChI is InChI=1S/C14H30N2/c1-12(2)10-13(3,4)15-8-9-16(7)14(5,6)11-12/h15H,8-11H2,1-7H3. The molecule has 0 aromatic carbocycles. The first kappa shape index (κ1) is 14.0. The van der Waals surface area contributed by atoms with Crippen molar-refractivity contribution in [1.29, 1.82) is 0 Å². The first-order chi connectivity index (χ1) is 7.04. The lowest BCUT2D eigenvalue weighted by atomic mass is 9.73. The van der Waals surface area contributed by atoms with Crippen molar-refractivity contribution in [2.45, 2.75) is 65.5 Å². The first-order valence-corrected chi connectivity index (χ1v) is 6.50. The molecular formula is C14H30N2. The number of hydrogen-bond acceptors (Lipinski definition) is 2. The zero-order valence-electron chi connectivity index (χ0n) is 12.3. The van der Waals surface area contributed by atoms with E-state index in [1.54, 1.807) is 0 Å². The van der Waals surface area contributed by atoms with E-state index in [0.717, 1.165) is 13.1 Å². The van der Waals surface area contributed by atoms with Gasteiger partial charge in [-0.25, -0.2) is 0 Å². The van der Waals surface area contributed by atoms with Crippen LogP contribution < -0.4 is 5.32 Å². The maximum absolute atomic E-state index is 3.68. The van der Waals surface area contributed by atoms with Gasteiger partial charge in [-0.3, -0.25) is 4.90 Å². The lowest BCUT2D eigenvalue weighted by Gasteiger charge is -2.42. The van der Waals surface area contributed by atoms with Crippen LogP contribution in [0.1, 0.15) is 54.4 Å². The molecule has 1 saturated heterocycles. The molecule has 1 heterocycles. The van der Waals surface area contributed by atoms with E-state index < -0.39 is 0 Å².